The number of thioether (sulfide) groups is 1. The van der Waals surface area contributed by atoms with Gasteiger partial charge in [0.15, 0.2) is 5.17 Å². The number of hydrogen-bond acceptors (Lipinski definition) is 5. The minimum atomic E-state index is -0.306. The lowest BCUT2D eigenvalue weighted by Gasteiger charge is -2.20. The van der Waals surface area contributed by atoms with E-state index in [1.807, 2.05) is 13.8 Å². The summed E-state index contributed by atoms with van der Waals surface area (Å²) in [5.41, 5.74) is 0. The van der Waals surface area contributed by atoms with Crippen LogP contribution in [0.4, 0.5) is 0 Å². The molecular weight excluding hydrogens is 248 g/mol. The van der Waals surface area contributed by atoms with Crippen molar-refractivity contribution in [2.45, 2.75) is 45.4 Å². The number of carbonyl (C=O) groups is 1. The van der Waals surface area contributed by atoms with E-state index in [0.717, 1.165) is 18.1 Å². The number of esters is 1. The van der Waals surface area contributed by atoms with Crippen molar-refractivity contribution in [2.24, 2.45) is 16.8 Å². The number of methoxy groups -OCH3 is 1. The van der Waals surface area contributed by atoms with Crippen LogP contribution in [0.25, 0.3) is 0 Å². The Bertz CT molecular complexity index is 316. The molecule has 1 heterocycles. The quantitative estimate of drug-likeness (QED) is 0.780. The Hall–Kier alpha value is -0.710. The van der Waals surface area contributed by atoms with E-state index in [2.05, 4.69) is 24.2 Å². The van der Waals surface area contributed by atoms with Crippen molar-refractivity contribution in [3.63, 3.8) is 0 Å². The molecular formula is C13H24N2O2S. The molecule has 2 atom stereocenters. The predicted octanol–water partition coefficient (Wildman–Crippen LogP) is 2.29. The molecule has 1 rings (SSSR count). The average Bonchev–Trinajstić information content (AvgIpc) is 2.71. The van der Waals surface area contributed by atoms with Crippen LogP contribution < -0.4 is 5.32 Å². The molecule has 0 bridgehead atoms. The molecule has 104 valence electrons. The first-order valence-corrected chi connectivity index (χ1v) is 7.37. The Morgan fingerprint density at radius 3 is 2.67 bits per heavy atom. The molecule has 2 unspecified atom stereocenters. The Kier molecular flexibility index (Phi) is 5.99. The third-order valence-corrected chi connectivity index (χ3v) is 4.00. The van der Waals surface area contributed by atoms with E-state index in [9.17, 15) is 4.79 Å². The van der Waals surface area contributed by atoms with Gasteiger partial charge >= 0.3 is 5.97 Å². The van der Waals surface area contributed by atoms with E-state index in [1.54, 1.807) is 11.8 Å². The van der Waals surface area contributed by atoms with Crippen LogP contribution in [0.3, 0.4) is 0 Å². The fraction of sp³-hybridized carbons (Fsp3) is 0.846. The topological polar surface area (TPSA) is 50.7 Å². The van der Waals surface area contributed by atoms with Crippen LogP contribution in [0.2, 0.25) is 0 Å². The summed E-state index contributed by atoms with van der Waals surface area (Å²) in [5.74, 6) is 0.643. The number of carbonyl (C=O) groups excluding carboxylic acids is 1. The number of rotatable bonds is 5. The Labute approximate surface area is 114 Å². The van der Waals surface area contributed by atoms with Gasteiger partial charge in [-0.2, -0.15) is 0 Å². The van der Waals surface area contributed by atoms with Gasteiger partial charge in [-0.25, -0.2) is 4.79 Å². The van der Waals surface area contributed by atoms with E-state index < -0.39 is 0 Å². The summed E-state index contributed by atoms with van der Waals surface area (Å²) in [6, 6.07) is -0.306. The van der Waals surface area contributed by atoms with Gasteiger partial charge in [0.25, 0.3) is 0 Å². The summed E-state index contributed by atoms with van der Waals surface area (Å²) >= 11 is 1.74. The summed E-state index contributed by atoms with van der Waals surface area (Å²) in [7, 11) is 1.42. The molecule has 0 spiro atoms. The summed E-state index contributed by atoms with van der Waals surface area (Å²) in [6.45, 7) is 9.28. The van der Waals surface area contributed by atoms with Crippen molar-refractivity contribution >= 4 is 22.9 Å². The number of nitrogens with one attached hydrogen (secondary N) is 1. The zero-order valence-electron chi connectivity index (χ0n) is 11.9. The molecule has 18 heavy (non-hydrogen) atoms. The van der Waals surface area contributed by atoms with Crippen molar-refractivity contribution < 1.29 is 9.53 Å². The molecule has 0 aromatic carbocycles. The highest BCUT2D eigenvalue weighted by Gasteiger charge is 2.27. The van der Waals surface area contributed by atoms with E-state index >= 15 is 0 Å². The molecule has 0 aliphatic carbocycles. The zero-order valence-corrected chi connectivity index (χ0v) is 12.7. The first-order valence-electron chi connectivity index (χ1n) is 6.49. The summed E-state index contributed by atoms with van der Waals surface area (Å²) in [6.07, 6.45) is 1.16. The number of amidine groups is 1. The minimum Gasteiger partial charge on any atom is -0.467 e. The fourth-order valence-corrected chi connectivity index (χ4v) is 3.19. The molecule has 4 nitrogen and oxygen atoms in total. The van der Waals surface area contributed by atoms with Gasteiger partial charge in [0.1, 0.15) is 6.04 Å². The molecule has 0 fully saturated rings. The molecule has 1 N–H and O–H groups in total. The molecule has 1 aliphatic rings. The summed E-state index contributed by atoms with van der Waals surface area (Å²) < 4.78 is 4.81. The SMILES string of the molecule is COC(=O)C(NC1=NCC(CC(C)C)S1)C(C)C. The number of nitrogens with zero attached hydrogens (tertiary/aromatic N) is 1. The molecule has 5 heteroatoms. The van der Waals surface area contributed by atoms with Gasteiger partial charge in [-0.3, -0.25) is 4.99 Å². The van der Waals surface area contributed by atoms with Gasteiger partial charge in [-0.05, 0) is 18.3 Å². The van der Waals surface area contributed by atoms with Crippen molar-refractivity contribution in [2.75, 3.05) is 13.7 Å². The van der Waals surface area contributed by atoms with Crippen LogP contribution in [-0.4, -0.2) is 36.1 Å². The highest BCUT2D eigenvalue weighted by atomic mass is 32.2. The predicted molar refractivity (Wildman–Crippen MR) is 76.9 cm³/mol. The minimum absolute atomic E-state index is 0.185. The lowest BCUT2D eigenvalue weighted by Crippen LogP contribution is -2.43. The Morgan fingerprint density at radius 1 is 1.50 bits per heavy atom. The first-order chi connectivity index (χ1) is 8.43. The van der Waals surface area contributed by atoms with E-state index in [1.165, 1.54) is 7.11 Å². The van der Waals surface area contributed by atoms with E-state index in [4.69, 9.17) is 4.74 Å². The van der Waals surface area contributed by atoms with Crippen molar-refractivity contribution in [3.05, 3.63) is 0 Å². The van der Waals surface area contributed by atoms with Crippen molar-refractivity contribution in [1.82, 2.24) is 5.32 Å². The molecule has 0 radical (unpaired) electrons. The summed E-state index contributed by atoms with van der Waals surface area (Å²) in [5, 5.41) is 4.63. The summed E-state index contributed by atoms with van der Waals surface area (Å²) in [4.78, 5) is 16.1. The van der Waals surface area contributed by atoms with Crippen LogP contribution in [0.1, 0.15) is 34.1 Å². The maximum Gasteiger partial charge on any atom is 0.328 e. The van der Waals surface area contributed by atoms with Gasteiger partial charge in [0, 0.05) is 5.25 Å². The Morgan fingerprint density at radius 2 is 2.17 bits per heavy atom. The highest BCUT2D eigenvalue weighted by molar-refractivity contribution is 8.14. The fourth-order valence-electron chi connectivity index (χ4n) is 1.90. The average molecular weight is 272 g/mol. The Balaban J connectivity index is 2.49. The van der Waals surface area contributed by atoms with Crippen LogP contribution >= 0.6 is 11.8 Å². The second-order valence-corrected chi connectivity index (χ2v) is 6.69. The van der Waals surface area contributed by atoms with Gasteiger partial charge in [-0.1, -0.05) is 39.5 Å². The lowest BCUT2D eigenvalue weighted by molar-refractivity contribution is -0.143. The van der Waals surface area contributed by atoms with Gasteiger partial charge in [-0.15, -0.1) is 0 Å². The largest absolute Gasteiger partial charge is 0.467 e. The maximum atomic E-state index is 11.7. The van der Waals surface area contributed by atoms with E-state index in [0.29, 0.717) is 11.2 Å². The van der Waals surface area contributed by atoms with Gasteiger partial charge in [0.2, 0.25) is 0 Å². The van der Waals surface area contributed by atoms with Crippen LogP contribution in [0, 0.1) is 11.8 Å². The molecule has 0 aromatic heterocycles. The molecule has 0 saturated carbocycles. The second-order valence-electron chi connectivity index (χ2n) is 5.40. The number of hydrogen-bond donors (Lipinski definition) is 1. The van der Waals surface area contributed by atoms with Crippen molar-refractivity contribution in [3.8, 4) is 0 Å². The smallest absolute Gasteiger partial charge is 0.328 e. The molecule has 0 amide bonds. The van der Waals surface area contributed by atoms with Crippen LogP contribution in [-0.2, 0) is 9.53 Å². The third kappa shape index (κ3) is 4.52. The maximum absolute atomic E-state index is 11.7. The third-order valence-electron chi connectivity index (χ3n) is 2.85. The normalized spacial score (nSPS) is 21.1. The van der Waals surface area contributed by atoms with Gasteiger partial charge < -0.3 is 10.1 Å². The first kappa shape index (κ1) is 15.3. The molecule has 0 aromatic rings. The molecule has 1 aliphatic heterocycles. The lowest BCUT2D eigenvalue weighted by atomic mass is 10.1. The van der Waals surface area contributed by atoms with E-state index in [-0.39, 0.29) is 17.9 Å². The standard InChI is InChI=1S/C13H24N2O2S/c1-8(2)6-10-7-14-13(18-10)15-11(9(3)4)12(16)17-5/h8-11H,6-7H2,1-5H3,(H,14,15). The number of aliphatic imine (C=N–C) groups is 1. The van der Waals surface area contributed by atoms with Gasteiger partial charge in [0.05, 0.1) is 13.7 Å². The van der Waals surface area contributed by atoms with Crippen LogP contribution in [0.5, 0.6) is 0 Å². The second kappa shape index (κ2) is 7.02. The number of ether oxygens (including phenoxy) is 1. The highest BCUT2D eigenvalue weighted by Crippen LogP contribution is 2.26. The molecule has 0 saturated heterocycles. The monoisotopic (exact) mass is 272 g/mol. The zero-order chi connectivity index (χ0) is 13.7. The van der Waals surface area contributed by atoms with Crippen LogP contribution in [0.15, 0.2) is 4.99 Å². The van der Waals surface area contributed by atoms with Crippen molar-refractivity contribution in [1.29, 1.82) is 0 Å².